The quantitative estimate of drug-likeness (QED) is 0.290. The Morgan fingerprint density at radius 3 is 1.82 bits per heavy atom. The third-order valence-electron chi connectivity index (χ3n) is 4.92. The zero-order chi connectivity index (χ0) is 26.1. The standard InChI is InChI=1S/C22H40N4O5.C2H6/c1-13(2)17(27)10-11-18(28)26-19(14(3)4)21(30)25-16(20(29)15(5)6)9-8-12-24-22(31)23-7;1-2/h13-16,19H,8-12H2,1-7H3,(H,25,30)(H,26,28)(H2,23,24,31);1-2H3/t16-,19?;/m0./s1. The first-order valence-corrected chi connectivity index (χ1v) is 12.0. The van der Waals surface area contributed by atoms with Crippen LogP contribution < -0.4 is 21.3 Å². The van der Waals surface area contributed by atoms with Crippen molar-refractivity contribution in [1.29, 1.82) is 0 Å². The lowest BCUT2D eigenvalue weighted by Gasteiger charge is -2.26. The molecule has 192 valence electrons. The summed E-state index contributed by atoms with van der Waals surface area (Å²) in [6, 6.07) is -1.83. The fourth-order valence-electron chi connectivity index (χ4n) is 2.85. The van der Waals surface area contributed by atoms with Gasteiger partial charge in [0, 0.05) is 38.3 Å². The summed E-state index contributed by atoms with van der Waals surface area (Å²) >= 11 is 0. The Hall–Kier alpha value is -2.45. The van der Waals surface area contributed by atoms with Crippen molar-refractivity contribution < 1.29 is 24.0 Å². The summed E-state index contributed by atoms with van der Waals surface area (Å²) in [7, 11) is 1.51. The van der Waals surface area contributed by atoms with Gasteiger partial charge in [0.1, 0.15) is 11.8 Å². The fraction of sp³-hybridized carbons (Fsp3) is 0.792. The van der Waals surface area contributed by atoms with Crippen LogP contribution in [-0.4, -0.2) is 55.1 Å². The third-order valence-corrected chi connectivity index (χ3v) is 4.92. The van der Waals surface area contributed by atoms with Gasteiger partial charge in [-0.25, -0.2) is 4.79 Å². The van der Waals surface area contributed by atoms with Crippen molar-refractivity contribution in [2.24, 2.45) is 17.8 Å². The summed E-state index contributed by atoms with van der Waals surface area (Å²) in [4.78, 5) is 60.7. The molecular formula is C24H46N4O5. The molecule has 0 aliphatic heterocycles. The maximum atomic E-state index is 12.9. The van der Waals surface area contributed by atoms with E-state index in [9.17, 15) is 24.0 Å². The van der Waals surface area contributed by atoms with Crippen LogP contribution in [0.15, 0.2) is 0 Å². The maximum absolute atomic E-state index is 12.9. The second kappa shape index (κ2) is 18.0. The number of urea groups is 1. The van der Waals surface area contributed by atoms with Crippen LogP contribution in [-0.2, 0) is 19.2 Å². The minimum atomic E-state index is -0.812. The highest BCUT2D eigenvalue weighted by Crippen LogP contribution is 2.10. The molecule has 0 aliphatic carbocycles. The summed E-state index contributed by atoms with van der Waals surface area (Å²) in [6.45, 7) is 15.1. The number of carbonyl (C=O) groups is 5. The molecular weight excluding hydrogens is 424 g/mol. The van der Waals surface area contributed by atoms with Crippen molar-refractivity contribution in [3.05, 3.63) is 0 Å². The number of carbonyl (C=O) groups excluding carboxylic acids is 5. The predicted molar refractivity (Wildman–Crippen MR) is 131 cm³/mol. The smallest absolute Gasteiger partial charge is 0.314 e. The number of nitrogens with one attached hydrogen (secondary N) is 4. The Labute approximate surface area is 199 Å². The van der Waals surface area contributed by atoms with Crippen molar-refractivity contribution in [2.75, 3.05) is 13.6 Å². The largest absolute Gasteiger partial charge is 0.344 e. The van der Waals surface area contributed by atoms with Crippen molar-refractivity contribution in [3.8, 4) is 0 Å². The molecule has 0 heterocycles. The van der Waals surface area contributed by atoms with E-state index in [0.29, 0.717) is 19.4 Å². The molecule has 2 atom stereocenters. The topological polar surface area (TPSA) is 133 Å². The Morgan fingerprint density at radius 1 is 0.788 bits per heavy atom. The first-order valence-electron chi connectivity index (χ1n) is 12.0. The Bertz CT molecular complexity index is 632. The minimum Gasteiger partial charge on any atom is -0.344 e. The van der Waals surface area contributed by atoms with Crippen LogP contribution in [0.1, 0.15) is 81.1 Å². The van der Waals surface area contributed by atoms with Crippen LogP contribution in [0.25, 0.3) is 0 Å². The molecule has 0 spiro atoms. The van der Waals surface area contributed by atoms with Crippen LogP contribution in [0.4, 0.5) is 4.79 Å². The van der Waals surface area contributed by atoms with Crippen LogP contribution in [0.3, 0.4) is 0 Å². The van der Waals surface area contributed by atoms with E-state index in [0.717, 1.165) is 0 Å². The summed E-state index contributed by atoms with van der Waals surface area (Å²) in [5, 5.41) is 10.6. The molecule has 0 fully saturated rings. The van der Waals surface area contributed by atoms with E-state index < -0.39 is 18.0 Å². The second-order valence-electron chi connectivity index (χ2n) is 8.68. The first-order chi connectivity index (χ1) is 15.4. The molecule has 0 rings (SSSR count). The number of rotatable bonds is 14. The minimum absolute atomic E-state index is 0.00587. The monoisotopic (exact) mass is 470 g/mol. The predicted octanol–water partition coefficient (Wildman–Crippen LogP) is 2.58. The van der Waals surface area contributed by atoms with Gasteiger partial charge in [-0.05, 0) is 18.8 Å². The highest BCUT2D eigenvalue weighted by molar-refractivity contribution is 5.94. The van der Waals surface area contributed by atoms with Crippen LogP contribution in [0, 0.1) is 17.8 Å². The van der Waals surface area contributed by atoms with Gasteiger partial charge in [0.25, 0.3) is 0 Å². The lowest BCUT2D eigenvalue weighted by Crippen LogP contribution is -2.54. The number of ketones is 2. The summed E-state index contributed by atoms with van der Waals surface area (Å²) < 4.78 is 0. The molecule has 0 aromatic heterocycles. The number of Topliss-reactive ketones (excluding diaryl/α,β-unsaturated/α-hetero) is 2. The molecule has 0 radical (unpaired) electrons. The van der Waals surface area contributed by atoms with Gasteiger partial charge in [0.15, 0.2) is 5.78 Å². The highest BCUT2D eigenvalue weighted by Gasteiger charge is 2.29. The van der Waals surface area contributed by atoms with Gasteiger partial charge in [0.2, 0.25) is 11.8 Å². The van der Waals surface area contributed by atoms with Crippen LogP contribution >= 0.6 is 0 Å². The van der Waals surface area contributed by atoms with Crippen molar-refractivity contribution in [2.45, 2.75) is 93.2 Å². The average molecular weight is 471 g/mol. The highest BCUT2D eigenvalue weighted by atomic mass is 16.2. The number of amides is 4. The van der Waals surface area contributed by atoms with Gasteiger partial charge in [-0.2, -0.15) is 0 Å². The van der Waals surface area contributed by atoms with E-state index >= 15 is 0 Å². The summed E-state index contributed by atoms with van der Waals surface area (Å²) in [5.74, 6) is -1.53. The Balaban J connectivity index is 0. The lowest BCUT2D eigenvalue weighted by molar-refractivity contribution is -0.133. The summed E-state index contributed by atoms with van der Waals surface area (Å²) in [5.41, 5.74) is 0. The number of hydrogen-bond donors (Lipinski definition) is 4. The molecule has 4 amide bonds. The molecule has 0 aromatic rings. The van der Waals surface area contributed by atoms with E-state index in [1.807, 2.05) is 13.8 Å². The lowest BCUT2D eigenvalue weighted by atomic mass is 9.96. The van der Waals surface area contributed by atoms with Gasteiger partial charge in [0.05, 0.1) is 6.04 Å². The van der Waals surface area contributed by atoms with E-state index in [-0.39, 0.29) is 54.1 Å². The number of hydrogen-bond acceptors (Lipinski definition) is 5. The van der Waals surface area contributed by atoms with E-state index in [1.54, 1.807) is 41.5 Å². The van der Waals surface area contributed by atoms with Gasteiger partial charge in [-0.3, -0.25) is 19.2 Å². The summed E-state index contributed by atoms with van der Waals surface area (Å²) in [6.07, 6.45) is 1.02. The Morgan fingerprint density at radius 2 is 1.36 bits per heavy atom. The van der Waals surface area contributed by atoms with E-state index in [2.05, 4.69) is 21.3 Å². The molecule has 4 N–H and O–H groups in total. The molecule has 1 unspecified atom stereocenters. The van der Waals surface area contributed by atoms with Gasteiger partial charge in [-0.1, -0.05) is 55.4 Å². The molecule has 0 saturated carbocycles. The molecule has 0 saturated heterocycles. The molecule has 0 aliphatic rings. The molecule has 9 heteroatoms. The van der Waals surface area contributed by atoms with Gasteiger partial charge >= 0.3 is 6.03 Å². The fourth-order valence-corrected chi connectivity index (χ4v) is 2.85. The van der Waals surface area contributed by atoms with Crippen molar-refractivity contribution in [1.82, 2.24) is 21.3 Å². The zero-order valence-corrected chi connectivity index (χ0v) is 22.0. The molecule has 33 heavy (non-hydrogen) atoms. The maximum Gasteiger partial charge on any atom is 0.314 e. The molecule has 0 aromatic carbocycles. The van der Waals surface area contributed by atoms with E-state index in [4.69, 9.17) is 0 Å². The molecule has 9 nitrogen and oxygen atoms in total. The van der Waals surface area contributed by atoms with Gasteiger partial charge < -0.3 is 21.3 Å². The zero-order valence-electron chi connectivity index (χ0n) is 22.0. The van der Waals surface area contributed by atoms with Crippen LogP contribution in [0.5, 0.6) is 0 Å². The first kappa shape index (κ1) is 32.7. The van der Waals surface area contributed by atoms with Gasteiger partial charge in [-0.15, -0.1) is 0 Å². The average Bonchev–Trinajstić information content (AvgIpc) is 2.77. The van der Waals surface area contributed by atoms with E-state index in [1.165, 1.54) is 7.05 Å². The van der Waals surface area contributed by atoms with Crippen molar-refractivity contribution in [3.63, 3.8) is 0 Å². The van der Waals surface area contributed by atoms with Crippen molar-refractivity contribution >= 4 is 29.4 Å². The second-order valence-corrected chi connectivity index (χ2v) is 8.68. The molecule has 0 bridgehead atoms. The normalized spacial score (nSPS) is 12.4. The SMILES string of the molecule is CC.CNC(=O)NCCC[C@H](NC(=O)C(NC(=O)CCC(=O)C(C)C)C(C)C)C(=O)C(C)C. The van der Waals surface area contributed by atoms with Crippen LogP contribution in [0.2, 0.25) is 0 Å². The Kier molecular flexibility index (Phi) is 17.9. The third kappa shape index (κ3) is 14.3.